The van der Waals surface area contributed by atoms with Crippen molar-refractivity contribution in [1.29, 1.82) is 0 Å². The number of halogens is 1. The third kappa shape index (κ3) is 3.48. The van der Waals surface area contributed by atoms with Gasteiger partial charge in [-0.1, -0.05) is 15.9 Å². The second-order valence-electron chi connectivity index (χ2n) is 3.95. The van der Waals surface area contributed by atoms with E-state index in [1.165, 1.54) is 0 Å². The van der Waals surface area contributed by atoms with E-state index in [1.807, 2.05) is 25.1 Å². The van der Waals surface area contributed by atoms with Crippen LogP contribution in [0.1, 0.15) is 12.5 Å². The maximum atomic E-state index is 9.10. The van der Waals surface area contributed by atoms with E-state index in [0.717, 1.165) is 15.8 Å². The Labute approximate surface area is 98.4 Å². The number of methoxy groups -OCH3 is 1. The monoisotopic (exact) mass is 273 g/mol. The average Bonchev–Trinajstić information content (AvgIpc) is 2.21. The highest BCUT2D eigenvalue weighted by Crippen LogP contribution is 2.25. The van der Waals surface area contributed by atoms with Gasteiger partial charge >= 0.3 is 0 Å². The second kappa shape index (κ2) is 4.96. The highest BCUT2D eigenvalue weighted by Gasteiger charge is 2.19. The summed E-state index contributed by atoms with van der Waals surface area (Å²) in [6.07, 6.45) is 0.598. The normalized spacial score (nSPS) is 14.7. The summed E-state index contributed by atoms with van der Waals surface area (Å²) in [5, 5.41) is 9.10. The minimum absolute atomic E-state index is 0.0450. The summed E-state index contributed by atoms with van der Waals surface area (Å²) < 4.78 is 6.11. The molecule has 1 rings (SSSR count). The van der Waals surface area contributed by atoms with Crippen molar-refractivity contribution in [1.82, 2.24) is 0 Å². The van der Waals surface area contributed by atoms with Crippen LogP contribution in [0.15, 0.2) is 22.7 Å². The largest absolute Gasteiger partial charge is 0.497 e. The van der Waals surface area contributed by atoms with Crippen LogP contribution in [-0.2, 0) is 6.42 Å². The van der Waals surface area contributed by atoms with Gasteiger partial charge in [-0.2, -0.15) is 0 Å². The first kappa shape index (κ1) is 12.5. The first-order chi connectivity index (χ1) is 6.98. The lowest BCUT2D eigenvalue weighted by atomic mass is 9.95. The van der Waals surface area contributed by atoms with Crippen molar-refractivity contribution in [3.8, 4) is 5.75 Å². The molecule has 1 atom stereocenters. The first-order valence-electron chi connectivity index (χ1n) is 4.70. The number of rotatable bonds is 4. The Morgan fingerprint density at radius 1 is 1.53 bits per heavy atom. The Morgan fingerprint density at radius 3 is 2.73 bits per heavy atom. The lowest BCUT2D eigenvalue weighted by molar-refractivity contribution is 0.208. The predicted octanol–water partition coefficient (Wildman–Crippen LogP) is 1.71. The molecule has 0 aromatic heterocycles. The van der Waals surface area contributed by atoms with E-state index in [0.29, 0.717) is 6.42 Å². The Bertz CT molecular complexity index is 339. The van der Waals surface area contributed by atoms with Crippen LogP contribution in [0.25, 0.3) is 0 Å². The van der Waals surface area contributed by atoms with E-state index < -0.39 is 5.54 Å². The van der Waals surface area contributed by atoms with Gasteiger partial charge in [0.05, 0.1) is 13.7 Å². The van der Waals surface area contributed by atoms with Gasteiger partial charge in [-0.3, -0.25) is 0 Å². The zero-order valence-electron chi connectivity index (χ0n) is 8.96. The maximum Gasteiger partial charge on any atom is 0.119 e. The molecule has 1 aromatic rings. The number of aliphatic hydroxyl groups is 1. The minimum Gasteiger partial charge on any atom is -0.497 e. The Kier molecular flexibility index (Phi) is 4.13. The number of benzene rings is 1. The molecule has 0 heterocycles. The number of ether oxygens (including phenoxy) is 1. The fourth-order valence-corrected chi connectivity index (χ4v) is 1.69. The van der Waals surface area contributed by atoms with Gasteiger partial charge in [-0.05, 0) is 37.1 Å². The highest BCUT2D eigenvalue weighted by molar-refractivity contribution is 9.10. The van der Waals surface area contributed by atoms with Crippen molar-refractivity contribution in [3.05, 3.63) is 28.2 Å². The van der Waals surface area contributed by atoms with Crippen LogP contribution < -0.4 is 10.5 Å². The average molecular weight is 274 g/mol. The molecule has 0 aliphatic rings. The molecule has 3 N–H and O–H groups in total. The minimum atomic E-state index is -0.602. The molecule has 0 saturated heterocycles. The summed E-state index contributed by atoms with van der Waals surface area (Å²) in [6, 6.07) is 5.72. The molecule has 3 nitrogen and oxygen atoms in total. The van der Waals surface area contributed by atoms with Crippen LogP contribution in [0.2, 0.25) is 0 Å². The molecule has 84 valence electrons. The van der Waals surface area contributed by atoms with E-state index in [1.54, 1.807) is 7.11 Å². The third-order valence-electron chi connectivity index (χ3n) is 2.21. The van der Waals surface area contributed by atoms with E-state index in [4.69, 9.17) is 15.6 Å². The maximum absolute atomic E-state index is 9.10. The quantitative estimate of drug-likeness (QED) is 0.878. The summed E-state index contributed by atoms with van der Waals surface area (Å²) >= 11 is 3.45. The molecule has 0 spiro atoms. The summed E-state index contributed by atoms with van der Waals surface area (Å²) in [5.41, 5.74) is 6.33. The molecule has 15 heavy (non-hydrogen) atoms. The first-order valence-corrected chi connectivity index (χ1v) is 5.50. The molecular weight excluding hydrogens is 258 g/mol. The number of hydrogen-bond donors (Lipinski definition) is 2. The molecule has 0 aliphatic heterocycles. The van der Waals surface area contributed by atoms with E-state index in [2.05, 4.69) is 15.9 Å². The molecule has 0 bridgehead atoms. The van der Waals surface area contributed by atoms with Crippen LogP contribution in [0.4, 0.5) is 0 Å². The molecule has 0 fully saturated rings. The summed E-state index contributed by atoms with van der Waals surface area (Å²) in [4.78, 5) is 0. The fraction of sp³-hybridized carbons (Fsp3) is 0.455. The molecule has 0 saturated carbocycles. The Balaban J connectivity index is 2.93. The van der Waals surface area contributed by atoms with Crippen LogP contribution in [0.5, 0.6) is 5.75 Å². The van der Waals surface area contributed by atoms with Gasteiger partial charge in [0.25, 0.3) is 0 Å². The zero-order chi connectivity index (χ0) is 11.5. The van der Waals surface area contributed by atoms with Crippen molar-refractivity contribution < 1.29 is 9.84 Å². The van der Waals surface area contributed by atoms with Gasteiger partial charge in [-0.25, -0.2) is 0 Å². The van der Waals surface area contributed by atoms with Gasteiger partial charge in [-0.15, -0.1) is 0 Å². The van der Waals surface area contributed by atoms with Gasteiger partial charge in [0.1, 0.15) is 5.75 Å². The highest BCUT2D eigenvalue weighted by atomic mass is 79.9. The van der Waals surface area contributed by atoms with E-state index in [9.17, 15) is 0 Å². The lowest BCUT2D eigenvalue weighted by Crippen LogP contribution is -2.42. The molecule has 1 aromatic carbocycles. The van der Waals surface area contributed by atoms with Crippen molar-refractivity contribution in [2.75, 3.05) is 13.7 Å². The van der Waals surface area contributed by atoms with Crippen LogP contribution >= 0.6 is 15.9 Å². The predicted molar refractivity (Wildman–Crippen MR) is 64.1 cm³/mol. The SMILES string of the molecule is COc1ccc(Br)c(CC(C)(N)CO)c1. The summed E-state index contributed by atoms with van der Waals surface area (Å²) in [5.74, 6) is 0.793. The fourth-order valence-electron chi connectivity index (χ4n) is 1.30. The second-order valence-corrected chi connectivity index (χ2v) is 4.80. The Morgan fingerprint density at radius 2 is 2.20 bits per heavy atom. The molecule has 1 unspecified atom stereocenters. The van der Waals surface area contributed by atoms with Gasteiger partial charge in [0, 0.05) is 10.0 Å². The number of nitrogens with two attached hydrogens (primary N) is 1. The molecular formula is C11H16BrNO2. The summed E-state index contributed by atoms with van der Waals surface area (Å²) in [6.45, 7) is 1.77. The van der Waals surface area contributed by atoms with Crippen molar-refractivity contribution >= 4 is 15.9 Å². The van der Waals surface area contributed by atoms with Gasteiger partial charge in [0.2, 0.25) is 0 Å². The number of aliphatic hydroxyl groups excluding tert-OH is 1. The molecule has 4 heteroatoms. The van der Waals surface area contributed by atoms with Crippen molar-refractivity contribution in [2.45, 2.75) is 18.9 Å². The number of hydrogen-bond acceptors (Lipinski definition) is 3. The van der Waals surface area contributed by atoms with Crippen molar-refractivity contribution in [2.24, 2.45) is 5.73 Å². The lowest BCUT2D eigenvalue weighted by Gasteiger charge is -2.22. The Hall–Kier alpha value is -0.580. The van der Waals surface area contributed by atoms with Crippen LogP contribution in [0.3, 0.4) is 0 Å². The molecule has 0 aliphatic carbocycles. The zero-order valence-corrected chi connectivity index (χ0v) is 10.5. The van der Waals surface area contributed by atoms with Crippen LogP contribution in [0, 0.1) is 0 Å². The van der Waals surface area contributed by atoms with Gasteiger partial charge in [0.15, 0.2) is 0 Å². The molecule has 0 amide bonds. The van der Waals surface area contributed by atoms with Crippen molar-refractivity contribution in [3.63, 3.8) is 0 Å². The molecule has 0 radical (unpaired) electrons. The van der Waals surface area contributed by atoms with Gasteiger partial charge < -0.3 is 15.6 Å². The summed E-state index contributed by atoms with van der Waals surface area (Å²) in [7, 11) is 1.63. The third-order valence-corrected chi connectivity index (χ3v) is 2.98. The van der Waals surface area contributed by atoms with E-state index in [-0.39, 0.29) is 6.61 Å². The van der Waals surface area contributed by atoms with E-state index >= 15 is 0 Å². The van der Waals surface area contributed by atoms with Crippen LogP contribution in [-0.4, -0.2) is 24.4 Å². The smallest absolute Gasteiger partial charge is 0.119 e. The topological polar surface area (TPSA) is 55.5 Å². The standard InChI is InChI=1S/C11H16BrNO2/c1-11(13,7-14)6-8-5-9(15-2)3-4-10(8)12/h3-5,14H,6-7,13H2,1-2H3.